The number of carbonyl (C=O) groups excluding carboxylic acids is 3. The summed E-state index contributed by atoms with van der Waals surface area (Å²) in [5, 5.41) is 0. The third-order valence-corrected chi connectivity index (χ3v) is 14.0. The molecule has 0 aliphatic heterocycles. The first-order chi connectivity index (χ1) is 40.5. The quantitative estimate of drug-likeness (QED) is 0.0261. The van der Waals surface area contributed by atoms with E-state index in [1.54, 1.807) is 0 Å². The van der Waals surface area contributed by atoms with E-state index in [0.717, 1.165) is 128 Å². The third kappa shape index (κ3) is 66.1. The van der Waals surface area contributed by atoms with Crippen LogP contribution in [0.4, 0.5) is 0 Å². The molecule has 0 fully saturated rings. The number of esters is 3. The molecule has 82 heavy (non-hydrogen) atoms. The third-order valence-electron chi connectivity index (χ3n) is 14.0. The van der Waals surface area contributed by atoms with Crippen LogP contribution in [-0.4, -0.2) is 37.2 Å². The van der Waals surface area contributed by atoms with Gasteiger partial charge in [0, 0.05) is 19.3 Å². The second-order valence-electron chi connectivity index (χ2n) is 22.0. The number of ether oxygens (including phenoxy) is 3. The summed E-state index contributed by atoms with van der Waals surface area (Å²) in [5.41, 5.74) is 0. The fourth-order valence-electron chi connectivity index (χ4n) is 8.99. The average molecular weight is 1130 g/mol. The molecule has 0 aromatic rings. The minimum atomic E-state index is -0.808. The maximum Gasteiger partial charge on any atom is 0.306 e. The molecule has 0 rings (SSSR count). The van der Waals surface area contributed by atoms with Crippen LogP contribution in [0.25, 0.3) is 0 Å². The van der Waals surface area contributed by atoms with Crippen molar-refractivity contribution in [3.63, 3.8) is 0 Å². The van der Waals surface area contributed by atoms with Crippen LogP contribution in [-0.2, 0) is 28.6 Å². The van der Waals surface area contributed by atoms with Crippen molar-refractivity contribution in [1.82, 2.24) is 0 Å². The maximum absolute atomic E-state index is 12.9. The van der Waals surface area contributed by atoms with E-state index < -0.39 is 6.10 Å². The number of hydrogen-bond acceptors (Lipinski definition) is 6. The van der Waals surface area contributed by atoms with Crippen LogP contribution in [0.5, 0.6) is 0 Å². The Kier molecular flexibility index (Phi) is 64.8. The first kappa shape index (κ1) is 77.3. The summed E-state index contributed by atoms with van der Waals surface area (Å²) in [6, 6.07) is 0. The number of allylic oxidation sites excluding steroid dienone is 24. The molecule has 0 radical (unpaired) electrons. The van der Waals surface area contributed by atoms with Crippen molar-refractivity contribution >= 4 is 17.9 Å². The Morgan fingerprint density at radius 1 is 0.256 bits per heavy atom. The summed E-state index contributed by atoms with van der Waals surface area (Å²) in [6.07, 6.45) is 98.6. The van der Waals surface area contributed by atoms with E-state index in [1.807, 2.05) is 0 Å². The molecular formula is C76H124O6. The summed E-state index contributed by atoms with van der Waals surface area (Å²) >= 11 is 0. The lowest BCUT2D eigenvalue weighted by atomic mass is 10.1. The predicted octanol–water partition coefficient (Wildman–Crippen LogP) is 23.5. The molecule has 0 aliphatic rings. The van der Waals surface area contributed by atoms with Gasteiger partial charge in [0.15, 0.2) is 6.10 Å². The Bertz CT molecular complexity index is 1780. The minimum absolute atomic E-state index is 0.101. The van der Waals surface area contributed by atoms with Crippen LogP contribution >= 0.6 is 0 Å². The highest BCUT2D eigenvalue weighted by molar-refractivity contribution is 5.71. The van der Waals surface area contributed by atoms with E-state index in [0.29, 0.717) is 25.7 Å². The Morgan fingerprint density at radius 2 is 0.476 bits per heavy atom. The van der Waals surface area contributed by atoms with Crippen molar-refractivity contribution in [3.05, 3.63) is 146 Å². The van der Waals surface area contributed by atoms with Crippen LogP contribution in [0.1, 0.15) is 297 Å². The SMILES string of the molecule is CC/C=C\C/C=C\C/C=C\C/C=C\C/C=C\C/C=C\C/C=C\C/C=C\C/C=C\C/C=C\CCCCC(=O)OCC(COC(=O)CCCCCCC/C=C\CCCCCCC)OC(=O)CCCCCCCCC/C=C\CCCCCCCC. The van der Waals surface area contributed by atoms with Crippen molar-refractivity contribution in [1.29, 1.82) is 0 Å². The Morgan fingerprint density at radius 3 is 0.780 bits per heavy atom. The Balaban J connectivity index is 4.41. The van der Waals surface area contributed by atoms with Crippen molar-refractivity contribution in [2.24, 2.45) is 0 Å². The molecule has 0 aliphatic carbocycles. The van der Waals surface area contributed by atoms with Gasteiger partial charge in [-0.3, -0.25) is 14.4 Å². The first-order valence-corrected chi connectivity index (χ1v) is 33.8. The summed E-state index contributed by atoms with van der Waals surface area (Å²) in [7, 11) is 0. The van der Waals surface area contributed by atoms with Gasteiger partial charge in [0.1, 0.15) is 13.2 Å². The van der Waals surface area contributed by atoms with E-state index in [1.165, 1.54) is 122 Å². The zero-order valence-corrected chi connectivity index (χ0v) is 53.2. The van der Waals surface area contributed by atoms with Gasteiger partial charge in [-0.1, -0.05) is 276 Å². The molecule has 1 unspecified atom stereocenters. The van der Waals surface area contributed by atoms with Gasteiger partial charge < -0.3 is 14.2 Å². The lowest BCUT2D eigenvalue weighted by Crippen LogP contribution is -2.30. The highest BCUT2D eigenvalue weighted by Gasteiger charge is 2.19. The highest BCUT2D eigenvalue weighted by atomic mass is 16.6. The standard InChI is InChI=1S/C76H124O6/c1-4-7-10-13-16-19-22-25-28-30-31-32-33-34-35-36-37-38-39-40-41-42-43-44-45-47-48-51-54-57-60-63-66-69-75(78)81-72-73(71-80-74(77)68-65-62-59-56-53-50-27-24-21-18-15-12-9-6-3)82-76(79)70-67-64-61-58-55-52-49-46-29-26-23-20-17-14-11-8-5-2/h7,10,16,19,24-29,31-32,34-35,37-38,40-41,43-44,47-48,54,57,73H,4-6,8-9,11-15,17-18,20-23,30,33,36,39,42,45-46,49-53,55-56,58-72H2,1-3H3/b10-7-,19-16-,27-24-,28-25-,29-26-,32-31-,35-34-,38-37-,41-40-,44-43-,48-47-,57-54-. The van der Waals surface area contributed by atoms with Gasteiger partial charge in [0.25, 0.3) is 0 Å². The van der Waals surface area contributed by atoms with E-state index in [4.69, 9.17) is 14.2 Å². The van der Waals surface area contributed by atoms with Gasteiger partial charge in [0.05, 0.1) is 0 Å². The van der Waals surface area contributed by atoms with Crippen molar-refractivity contribution in [2.45, 2.75) is 303 Å². The molecule has 0 saturated carbocycles. The molecule has 6 nitrogen and oxygen atoms in total. The summed E-state index contributed by atoms with van der Waals surface area (Å²) in [4.78, 5) is 38.3. The molecule has 0 heterocycles. The van der Waals surface area contributed by atoms with Crippen molar-refractivity contribution in [3.8, 4) is 0 Å². The summed E-state index contributed by atoms with van der Waals surface area (Å²) < 4.78 is 16.9. The monoisotopic (exact) mass is 1130 g/mol. The molecule has 464 valence electrons. The fraction of sp³-hybridized carbons (Fsp3) is 0.645. The molecule has 0 spiro atoms. The van der Waals surface area contributed by atoms with Crippen LogP contribution in [0.15, 0.2) is 146 Å². The van der Waals surface area contributed by atoms with Gasteiger partial charge in [-0.05, 0) is 148 Å². The number of hydrogen-bond donors (Lipinski definition) is 0. The largest absolute Gasteiger partial charge is 0.462 e. The number of rotatable bonds is 60. The molecular weight excluding hydrogens is 1010 g/mol. The number of unbranched alkanes of at least 4 members (excludes halogenated alkanes) is 25. The molecule has 0 bridgehead atoms. The first-order valence-electron chi connectivity index (χ1n) is 33.8. The van der Waals surface area contributed by atoms with E-state index in [9.17, 15) is 14.4 Å². The summed E-state index contributed by atoms with van der Waals surface area (Å²) in [6.45, 7) is 6.48. The molecule has 0 aromatic heterocycles. The Hall–Kier alpha value is -4.71. The van der Waals surface area contributed by atoms with E-state index in [-0.39, 0.29) is 31.1 Å². The van der Waals surface area contributed by atoms with Crippen LogP contribution in [0, 0.1) is 0 Å². The van der Waals surface area contributed by atoms with E-state index >= 15 is 0 Å². The second kappa shape index (κ2) is 68.8. The predicted molar refractivity (Wildman–Crippen MR) is 357 cm³/mol. The van der Waals surface area contributed by atoms with Crippen LogP contribution in [0.3, 0.4) is 0 Å². The van der Waals surface area contributed by atoms with Gasteiger partial charge >= 0.3 is 17.9 Å². The van der Waals surface area contributed by atoms with Gasteiger partial charge in [-0.25, -0.2) is 0 Å². The van der Waals surface area contributed by atoms with Gasteiger partial charge in [-0.15, -0.1) is 0 Å². The van der Waals surface area contributed by atoms with Crippen LogP contribution < -0.4 is 0 Å². The molecule has 0 saturated heterocycles. The minimum Gasteiger partial charge on any atom is -0.462 e. The molecule has 0 amide bonds. The van der Waals surface area contributed by atoms with Crippen LogP contribution in [0.2, 0.25) is 0 Å². The lowest BCUT2D eigenvalue weighted by molar-refractivity contribution is -0.167. The molecule has 0 N–H and O–H groups in total. The van der Waals surface area contributed by atoms with Crippen molar-refractivity contribution in [2.75, 3.05) is 13.2 Å². The Labute approximate surface area is 506 Å². The van der Waals surface area contributed by atoms with Gasteiger partial charge in [-0.2, -0.15) is 0 Å². The lowest BCUT2D eigenvalue weighted by Gasteiger charge is -2.18. The topological polar surface area (TPSA) is 78.9 Å². The molecule has 6 heteroatoms. The average Bonchev–Trinajstić information content (AvgIpc) is 3.47. The zero-order valence-electron chi connectivity index (χ0n) is 53.2. The fourth-order valence-corrected chi connectivity index (χ4v) is 8.99. The maximum atomic E-state index is 12.9. The number of carbonyl (C=O) groups is 3. The highest BCUT2D eigenvalue weighted by Crippen LogP contribution is 2.15. The molecule has 1 atom stereocenters. The normalized spacial score (nSPS) is 13.1. The van der Waals surface area contributed by atoms with E-state index in [2.05, 4.69) is 167 Å². The smallest absolute Gasteiger partial charge is 0.306 e. The molecule has 0 aromatic carbocycles. The summed E-state index contributed by atoms with van der Waals surface area (Å²) in [5.74, 6) is -0.956. The van der Waals surface area contributed by atoms with Gasteiger partial charge in [0.2, 0.25) is 0 Å². The zero-order chi connectivity index (χ0) is 59.2. The second-order valence-corrected chi connectivity index (χ2v) is 22.0. The van der Waals surface area contributed by atoms with Crippen molar-refractivity contribution < 1.29 is 28.6 Å².